The van der Waals surface area contributed by atoms with E-state index in [9.17, 15) is 25.2 Å². The number of aliphatic carboxylic acids is 1. The number of hydrogen-bond donors (Lipinski definition) is 3. The third-order valence-electron chi connectivity index (χ3n) is 5.38. The van der Waals surface area contributed by atoms with Crippen LogP contribution in [-0.4, -0.2) is 58.6 Å². The summed E-state index contributed by atoms with van der Waals surface area (Å²) in [5, 5.41) is 42.2. The summed E-state index contributed by atoms with van der Waals surface area (Å²) in [6, 6.07) is 0. The first-order chi connectivity index (χ1) is 13.8. The van der Waals surface area contributed by atoms with Gasteiger partial charge in [0.15, 0.2) is 0 Å². The normalized spacial score (nSPS) is 15.9. The number of carboxylic acid groups (broad SMARTS) is 1. The molecule has 0 saturated heterocycles. The standard InChI is InChI=1S/C23H43NO5/c1-4-7-9-11-13-21(26)18-24(15-16-25,17-20(6-3)23(28)29)19-22(27)14-12-10-8-5-2/h13-14,20,25H,4-12,15-19H2,1-3H3,(H2-,26,27,28,29)/b21-13-,22-14-. The summed E-state index contributed by atoms with van der Waals surface area (Å²) >= 11 is 0. The molecule has 0 aliphatic rings. The van der Waals surface area contributed by atoms with Crippen molar-refractivity contribution in [1.29, 1.82) is 0 Å². The lowest BCUT2D eigenvalue weighted by molar-refractivity contribution is -0.924. The van der Waals surface area contributed by atoms with Gasteiger partial charge in [-0.2, -0.15) is 0 Å². The summed E-state index contributed by atoms with van der Waals surface area (Å²) < 4.78 is 0.0925. The van der Waals surface area contributed by atoms with Gasteiger partial charge in [-0.1, -0.05) is 46.5 Å². The number of quaternary nitrogens is 1. The summed E-state index contributed by atoms with van der Waals surface area (Å²) in [5.74, 6) is -1.48. The average molecular weight is 414 g/mol. The van der Waals surface area contributed by atoms with Crippen LogP contribution in [0, 0.1) is 5.92 Å². The summed E-state index contributed by atoms with van der Waals surface area (Å²) in [6.45, 7) is 6.68. The van der Waals surface area contributed by atoms with E-state index >= 15 is 0 Å². The Kier molecular flexibility index (Phi) is 15.4. The summed E-state index contributed by atoms with van der Waals surface area (Å²) in [5.41, 5.74) is 0. The molecule has 0 saturated carbocycles. The number of aliphatic hydroxyl groups excluding tert-OH is 3. The molecule has 0 bridgehead atoms. The summed E-state index contributed by atoms with van der Waals surface area (Å²) in [6.07, 6.45) is 11.8. The zero-order chi connectivity index (χ0) is 22.1. The highest BCUT2D eigenvalue weighted by Gasteiger charge is 2.33. The number of aliphatic hydroxyl groups is 3. The van der Waals surface area contributed by atoms with E-state index in [1.165, 1.54) is 0 Å². The van der Waals surface area contributed by atoms with E-state index in [0.29, 0.717) is 6.42 Å². The summed E-state index contributed by atoms with van der Waals surface area (Å²) in [7, 11) is 0. The first kappa shape index (κ1) is 27.5. The van der Waals surface area contributed by atoms with Gasteiger partial charge < -0.3 is 29.7 Å². The molecule has 170 valence electrons. The first-order valence-electron chi connectivity index (χ1n) is 11.3. The quantitative estimate of drug-likeness (QED) is 0.181. The molecule has 6 heteroatoms. The van der Waals surface area contributed by atoms with E-state index in [4.69, 9.17) is 0 Å². The molecule has 3 N–H and O–H groups in total. The molecular formula is C23H43NO5. The Bertz CT molecular complexity index is 473. The van der Waals surface area contributed by atoms with Crippen LogP contribution in [0.2, 0.25) is 0 Å². The second-order valence-corrected chi connectivity index (χ2v) is 8.09. The Hall–Kier alpha value is -1.53. The number of carboxylic acids is 1. The third-order valence-corrected chi connectivity index (χ3v) is 5.38. The Balaban J connectivity index is 5.49. The number of allylic oxidation sites excluding steroid dienone is 2. The molecule has 0 aliphatic carbocycles. The van der Waals surface area contributed by atoms with Crippen molar-refractivity contribution in [2.75, 3.05) is 32.8 Å². The molecule has 0 heterocycles. The maximum Gasteiger partial charge on any atom is 0.143 e. The molecule has 0 aromatic heterocycles. The third kappa shape index (κ3) is 12.6. The Labute approximate surface area is 177 Å². The average Bonchev–Trinajstić information content (AvgIpc) is 2.66. The van der Waals surface area contributed by atoms with Gasteiger partial charge in [-0.05, 0) is 44.3 Å². The molecule has 0 radical (unpaired) electrons. The van der Waals surface area contributed by atoms with Crippen LogP contribution in [0.15, 0.2) is 23.7 Å². The molecule has 1 atom stereocenters. The number of unbranched alkanes of at least 4 members (excludes halogenated alkanes) is 6. The maximum atomic E-state index is 11.5. The van der Waals surface area contributed by atoms with E-state index in [-0.39, 0.29) is 48.8 Å². The maximum absolute atomic E-state index is 11.5. The lowest BCUT2D eigenvalue weighted by atomic mass is 10.0. The zero-order valence-corrected chi connectivity index (χ0v) is 18.7. The molecule has 6 nitrogen and oxygen atoms in total. The van der Waals surface area contributed by atoms with Gasteiger partial charge in [-0.3, -0.25) is 0 Å². The van der Waals surface area contributed by atoms with Gasteiger partial charge in [0.25, 0.3) is 0 Å². The van der Waals surface area contributed by atoms with Crippen LogP contribution in [0.3, 0.4) is 0 Å². The van der Waals surface area contributed by atoms with Crippen molar-refractivity contribution in [2.24, 2.45) is 5.92 Å². The van der Waals surface area contributed by atoms with Crippen LogP contribution in [0.1, 0.15) is 78.6 Å². The first-order valence-corrected chi connectivity index (χ1v) is 11.3. The monoisotopic (exact) mass is 413 g/mol. The lowest BCUT2D eigenvalue weighted by Gasteiger charge is -2.40. The number of carbonyl (C=O) groups excluding carboxylic acids is 1. The number of rotatable bonds is 18. The van der Waals surface area contributed by atoms with Crippen molar-refractivity contribution >= 4 is 5.97 Å². The van der Waals surface area contributed by atoms with Crippen LogP contribution in [0.5, 0.6) is 0 Å². The minimum Gasteiger partial charge on any atom is -0.550 e. The predicted molar refractivity (Wildman–Crippen MR) is 115 cm³/mol. The SMILES string of the molecule is CCCCC/C=C(\O)C[N+](CCO)(C/C(O)=C/CCCCC)CC(CC)C(=O)[O-]. The minimum atomic E-state index is -1.13. The molecule has 0 fully saturated rings. The Morgan fingerprint density at radius 3 is 1.76 bits per heavy atom. The Morgan fingerprint density at radius 1 is 0.931 bits per heavy atom. The minimum absolute atomic E-state index is 0.0925. The molecular weight excluding hydrogens is 370 g/mol. The predicted octanol–water partition coefficient (Wildman–Crippen LogP) is 3.62. The van der Waals surface area contributed by atoms with Crippen LogP contribution < -0.4 is 5.11 Å². The van der Waals surface area contributed by atoms with Crippen molar-refractivity contribution in [1.82, 2.24) is 0 Å². The zero-order valence-electron chi connectivity index (χ0n) is 18.7. The van der Waals surface area contributed by atoms with Crippen LogP contribution in [0.4, 0.5) is 0 Å². The highest BCUT2D eigenvalue weighted by atomic mass is 16.4. The highest BCUT2D eigenvalue weighted by molar-refractivity contribution is 5.67. The summed E-state index contributed by atoms with van der Waals surface area (Å²) in [4.78, 5) is 11.5. The molecule has 0 aromatic rings. The van der Waals surface area contributed by atoms with Gasteiger partial charge in [0.1, 0.15) is 31.2 Å². The van der Waals surface area contributed by atoms with Crippen molar-refractivity contribution in [2.45, 2.75) is 78.6 Å². The molecule has 0 amide bonds. The van der Waals surface area contributed by atoms with Gasteiger partial charge in [-0.15, -0.1) is 0 Å². The smallest absolute Gasteiger partial charge is 0.143 e. The highest BCUT2D eigenvalue weighted by Crippen LogP contribution is 2.20. The number of nitrogens with zero attached hydrogens (tertiary/aromatic N) is 1. The fourth-order valence-electron chi connectivity index (χ4n) is 3.63. The van der Waals surface area contributed by atoms with Crippen molar-refractivity contribution in [3.05, 3.63) is 23.7 Å². The molecule has 1 unspecified atom stereocenters. The van der Waals surface area contributed by atoms with Crippen LogP contribution >= 0.6 is 0 Å². The second kappa shape index (κ2) is 16.3. The fourth-order valence-corrected chi connectivity index (χ4v) is 3.63. The van der Waals surface area contributed by atoms with E-state index in [2.05, 4.69) is 13.8 Å². The molecule has 0 aromatic carbocycles. The fraction of sp³-hybridized carbons (Fsp3) is 0.783. The number of hydrogen-bond acceptors (Lipinski definition) is 5. The van der Waals surface area contributed by atoms with Crippen molar-refractivity contribution in [3.8, 4) is 0 Å². The second-order valence-electron chi connectivity index (χ2n) is 8.09. The molecule has 0 rings (SSSR count). The van der Waals surface area contributed by atoms with Gasteiger partial charge in [0, 0.05) is 5.92 Å². The van der Waals surface area contributed by atoms with Crippen molar-refractivity contribution in [3.63, 3.8) is 0 Å². The lowest BCUT2D eigenvalue weighted by Crippen LogP contribution is -2.56. The van der Waals surface area contributed by atoms with Gasteiger partial charge >= 0.3 is 0 Å². The van der Waals surface area contributed by atoms with Crippen LogP contribution in [0.25, 0.3) is 0 Å². The van der Waals surface area contributed by atoms with Gasteiger partial charge in [0.2, 0.25) is 0 Å². The largest absolute Gasteiger partial charge is 0.550 e. The van der Waals surface area contributed by atoms with Gasteiger partial charge in [-0.25, -0.2) is 0 Å². The van der Waals surface area contributed by atoms with E-state index in [1.54, 1.807) is 19.1 Å². The molecule has 29 heavy (non-hydrogen) atoms. The van der Waals surface area contributed by atoms with Crippen molar-refractivity contribution < 1.29 is 29.7 Å². The van der Waals surface area contributed by atoms with Gasteiger partial charge in [0.05, 0.1) is 19.1 Å². The van der Waals surface area contributed by atoms with Crippen LogP contribution in [-0.2, 0) is 4.79 Å². The Morgan fingerprint density at radius 2 is 1.41 bits per heavy atom. The molecule has 0 spiro atoms. The molecule has 0 aliphatic heterocycles. The van der Waals surface area contributed by atoms with E-state index in [1.807, 2.05) is 0 Å². The topological polar surface area (TPSA) is 101 Å². The van der Waals surface area contributed by atoms with E-state index < -0.39 is 11.9 Å². The number of carbonyl (C=O) groups is 1. The van der Waals surface area contributed by atoms with E-state index in [0.717, 1.165) is 51.4 Å².